The topological polar surface area (TPSA) is 24.5 Å². The number of hydrogen-bond acceptors (Lipinski definition) is 3. The van der Waals surface area contributed by atoms with Gasteiger partial charge in [0, 0.05) is 43.4 Å². The van der Waals surface area contributed by atoms with Gasteiger partial charge in [-0.25, -0.2) is 0 Å². The molecule has 112 valence electrons. The average molecular weight is 341 g/mol. The Morgan fingerprint density at radius 3 is 2.65 bits per heavy atom. The van der Waals surface area contributed by atoms with E-state index >= 15 is 0 Å². The Labute approximate surface area is 130 Å². The van der Waals surface area contributed by atoms with E-state index in [2.05, 4.69) is 44.3 Å². The summed E-state index contributed by atoms with van der Waals surface area (Å²) in [4.78, 5) is 2.55. The quantitative estimate of drug-likeness (QED) is 0.801. The van der Waals surface area contributed by atoms with E-state index in [0.717, 1.165) is 24.2 Å². The van der Waals surface area contributed by atoms with E-state index in [1.54, 1.807) is 7.11 Å². The van der Waals surface area contributed by atoms with Gasteiger partial charge in [-0.1, -0.05) is 28.8 Å². The molecule has 0 spiro atoms. The lowest BCUT2D eigenvalue weighted by Crippen LogP contribution is -2.27. The molecular formula is C16H25BrN2O. The molecule has 3 nitrogen and oxygen atoms in total. The maximum Gasteiger partial charge on any atom is 0.0587 e. The van der Waals surface area contributed by atoms with Gasteiger partial charge < -0.3 is 15.0 Å². The standard InChI is InChI=1S/C16H25BrN2O/c1-20-11-8-18-13-14-12-15(17)6-7-16(14)19-9-4-2-3-5-10-19/h6-7,12,18H,2-5,8-11,13H2,1H3. The van der Waals surface area contributed by atoms with Crippen molar-refractivity contribution < 1.29 is 4.74 Å². The average Bonchev–Trinajstić information content (AvgIpc) is 2.73. The van der Waals surface area contributed by atoms with Crippen LogP contribution >= 0.6 is 15.9 Å². The van der Waals surface area contributed by atoms with Crippen molar-refractivity contribution in [2.24, 2.45) is 0 Å². The Kier molecular flexibility index (Phi) is 6.83. The molecule has 1 aliphatic rings. The van der Waals surface area contributed by atoms with Crippen LogP contribution in [-0.2, 0) is 11.3 Å². The summed E-state index contributed by atoms with van der Waals surface area (Å²) in [7, 11) is 1.74. The van der Waals surface area contributed by atoms with Crippen molar-refractivity contribution in [3.8, 4) is 0 Å². The van der Waals surface area contributed by atoms with Crippen LogP contribution in [0.25, 0.3) is 0 Å². The summed E-state index contributed by atoms with van der Waals surface area (Å²) < 4.78 is 6.24. The van der Waals surface area contributed by atoms with E-state index < -0.39 is 0 Å². The normalized spacial score (nSPS) is 16.2. The highest BCUT2D eigenvalue weighted by Gasteiger charge is 2.13. The summed E-state index contributed by atoms with van der Waals surface area (Å²) in [6.07, 6.45) is 5.36. The summed E-state index contributed by atoms with van der Waals surface area (Å²) >= 11 is 3.59. The van der Waals surface area contributed by atoms with Gasteiger partial charge >= 0.3 is 0 Å². The number of hydrogen-bond donors (Lipinski definition) is 1. The van der Waals surface area contributed by atoms with Crippen LogP contribution in [0.15, 0.2) is 22.7 Å². The highest BCUT2D eigenvalue weighted by Crippen LogP contribution is 2.26. The molecule has 4 heteroatoms. The Bertz CT molecular complexity index is 403. The number of rotatable bonds is 6. The molecular weight excluding hydrogens is 316 g/mol. The van der Waals surface area contributed by atoms with Gasteiger partial charge in [-0.2, -0.15) is 0 Å². The number of methoxy groups -OCH3 is 1. The largest absolute Gasteiger partial charge is 0.383 e. The predicted molar refractivity (Wildman–Crippen MR) is 88.4 cm³/mol. The van der Waals surface area contributed by atoms with Crippen molar-refractivity contribution in [3.63, 3.8) is 0 Å². The SMILES string of the molecule is COCCNCc1cc(Br)ccc1N1CCCCCC1. The van der Waals surface area contributed by atoms with E-state index in [4.69, 9.17) is 4.74 Å². The zero-order valence-corrected chi connectivity index (χ0v) is 13.9. The number of halogens is 1. The first-order valence-electron chi connectivity index (χ1n) is 7.54. The van der Waals surface area contributed by atoms with E-state index in [1.807, 2.05) is 0 Å². The molecule has 0 saturated carbocycles. The van der Waals surface area contributed by atoms with Crippen molar-refractivity contribution in [2.45, 2.75) is 32.2 Å². The van der Waals surface area contributed by atoms with Crippen molar-refractivity contribution in [1.29, 1.82) is 0 Å². The second kappa shape index (κ2) is 8.65. The first kappa shape index (κ1) is 15.8. The highest BCUT2D eigenvalue weighted by molar-refractivity contribution is 9.10. The highest BCUT2D eigenvalue weighted by atomic mass is 79.9. The summed E-state index contributed by atoms with van der Waals surface area (Å²) in [6, 6.07) is 6.64. The summed E-state index contributed by atoms with van der Waals surface area (Å²) in [5, 5.41) is 3.45. The lowest BCUT2D eigenvalue weighted by atomic mass is 10.1. The maximum absolute atomic E-state index is 5.08. The van der Waals surface area contributed by atoms with E-state index in [0.29, 0.717) is 0 Å². The first-order chi connectivity index (χ1) is 9.81. The Morgan fingerprint density at radius 2 is 1.95 bits per heavy atom. The monoisotopic (exact) mass is 340 g/mol. The lowest BCUT2D eigenvalue weighted by molar-refractivity contribution is 0.199. The van der Waals surface area contributed by atoms with Crippen molar-refractivity contribution in [3.05, 3.63) is 28.2 Å². The summed E-state index contributed by atoms with van der Waals surface area (Å²) in [5.41, 5.74) is 2.76. The fourth-order valence-corrected chi connectivity index (χ4v) is 3.12. The molecule has 0 amide bonds. The molecule has 0 aromatic heterocycles. The fraction of sp³-hybridized carbons (Fsp3) is 0.625. The van der Waals surface area contributed by atoms with Gasteiger partial charge in [0.25, 0.3) is 0 Å². The number of nitrogens with zero attached hydrogens (tertiary/aromatic N) is 1. The molecule has 1 heterocycles. The van der Waals surface area contributed by atoms with E-state index in [9.17, 15) is 0 Å². The Hall–Kier alpha value is -0.580. The molecule has 0 atom stereocenters. The second-order valence-electron chi connectivity index (χ2n) is 5.34. The molecule has 1 aromatic rings. The van der Waals surface area contributed by atoms with Gasteiger partial charge in [-0.3, -0.25) is 0 Å². The third-order valence-corrected chi connectivity index (χ3v) is 4.28. The van der Waals surface area contributed by atoms with Crippen LogP contribution in [0, 0.1) is 0 Å². The van der Waals surface area contributed by atoms with Gasteiger partial charge in [-0.15, -0.1) is 0 Å². The zero-order chi connectivity index (χ0) is 14.2. The molecule has 0 unspecified atom stereocenters. The van der Waals surface area contributed by atoms with Crippen LogP contribution in [-0.4, -0.2) is 33.4 Å². The molecule has 1 aliphatic heterocycles. The van der Waals surface area contributed by atoms with Crippen LogP contribution in [0.1, 0.15) is 31.2 Å². The number of benzene rings is 1. The predicted octanol–water partition coefficient (Wildman–Crippen LogP) is 3.57. The van der Waals surface area contributed by atoms with Crippen LogP contribution in [0.2, 0.25) is 0 Å². The van der Waals surface area contributed by atoms with Gasteiger partial charge in [0.15, 0.2) is 0 Å². The summed E-state index contributed by atoms with van der Waals surface area (Å²) in [5.74, 6) is 0. The van der Waals surface area contributed by atoms with E-state index in [1.165, 1.54) is 50.0 Å². The molecule has 0 radical (unpaired) electrons. The molecule has 20 heavy (non-hydrogen) atoms. The van der Waals surface area contributed by atoms with Gasteiger partial charge in [0.1, 0.15) is 0 Å². The molecule has 0 bridgehead atoms. The number of anilines is 1. The molecule has 1 fully saturated rings. The van der Waals surface area contributed by atoms with Crippen LogP contribution < -0.4 is 10.2 Å². The van der Waals surface area contributed by atoms with Crippen molar-refractivity contribution in [1.82, 2.24) is 5.32 Å². The third kappa shape index (κ3) is 4.76. The first-order valence-corrected chi connectivity index (χ1v) is 8.33. The smallest absolute Gasteiger partial charge is 0.0587 e. The Morgan fingerprint density at radius 1 is 1.20 bits per heavy atom. The van der Waals surface area contributed by atoms with E-state index in [-0.39, 0.29) is 0 Å². The summed E-state index contributed by atoms with van der Waals surface area (Å²) in [6.45, 7) is 4.92. The minimum absolute atomic E-state index is 0.757. The lowest BCUT2D eigenvalue weighted by Gasteiger charge is -2.26. The third-order valence-electron chi connectivity index (χ3n) is 3.79. The second-order valence-corrected chi connectivity index (χ2v) is 6.26. The molecule has 0 aliphatic carbocycles. The fourth-order valence-electron chi connectivity index (χ4n) is 2.71. The van der Waals surface area contributed by atoms with Crippen LogP contribution in [0.3, 0.4) is 0 Å². The molecule has 1 aromatic carbocycles. The number of ether oxygens (including phenoxy) is 1. The molecule has 1 N–H and O–H groups in total. The van der Waals surface area contributed by atoms with Gasteiger partial charge in [0.05, 0.1) is 6.61 Å². The van der Waals surface area contributed by atoms with Gasteiger partial charge in [0.2, 0.25) is 0 Å². The van der Waals surface area contributed by atoms with Crippen LogP contribution in [0.5, 0.6) is 0 Å². The minimum Gasteiger partial charge on any atom is -0.383 e. The minimum atomic E-state index is 0.757. The molecule has 2 rings (SSSR count). The van der Waals surface area contributed by atoms with Crippen molar-refractivity contribution in [2.75, 3.05) is 38.3 Å². The van der Waals surface area contributed by atoms with Gasteiger partial charge in [-0.05, 0) is 36.6 Å². The Balaban J connectivity index is 2.05. The van der Waals surface area contributed by atoms with Crippen LogP contribution in [0.4, 0.5) is 5.69 Å². The van der Waals surface area contributed by atoms with Crippen molar-refractivity contribution >= 4 is 21.6 Å². The maximum atomic E-state index is 5.08. The zero-order valence-electron chi connectivity index (χ0n) is 12.3. The molecule has 1 saturated heterocycles. The number of nitrogens with one attached hydrogen (secondary N) is 1.